The fourth-order valence-electron chi connectivity index (χ4n) is 6.71. The van der Waals surface area contributed by atoms with Gasteiger partial charge in [0.15, 0.2) is 0 Å². The Balaban J connectivity index is 1.09. The molecule has 0 radical (unpaired) electrons. The lowest BCUT2D eigenvalue weighted by Crippen LogP contribution is -2.34. The molecule has 1 aromatic heterocycles. The fraction of sp³-hybridized carbons (Fsp3) is 0.300. The highest BCUT2D eigenvalue weighted by molar-refractivity contribution is 7.92. The van der Waals surface area contributed by atoms with E-state index in [0.717, 1.165) is 67.3 Å². The molecular weight excluding hydrogens is 705 g/mol. The molecule has 2 aliphatic rings. The van der Waals surface area contributed by atoms with Crippen LogP contribution >= 0.6 is 0 Å². The molecule has 3 heterocycles. The van der Waals surface area contributed by atoms with Crippen molar-refractivity contribution in [1.29, 1.82) is 0 Å². The predicted molar refractivity (Wildman–Crippen MR) is 210 cm³/mol. The maximum atomic E-state index is 13.9. The van der Waals surface area contributed by atoms with Crippen LogP contribution < -0.4 is 24.7 Å². The number of aromatic nitrogens is 3. The number of benzene rings is 4. The summed E-state index contributed by atoms with van der Waals surface area (Å²) in [6, 6.07) is 24.4. The van der Waals surface area contributed by atoms with Crippen molar-refractivity contribution in [3.05, 3.63) is 108 Å². The van der Waals surface area contributed by atoms with Gasteiger partial charge in [-0.25, -0.2) is 8.42 Å². The van der Waals surface area contributed by atoms with Crippen LogP contribution in [0, 0.1) is 6.92 Å². The van der Waals surface area contributed by atoms with E-state index in [1.165, 1.54) is 55.3 Å². The standard InChI is InChI=1S/C40H44N8O5S/c1-28-13-17-32(18-14-28)54(52,53)48(27-29-11-5-2-6-12-29)34-20-16-30(26-36(34)50)41-37(51)33-19-15-31(25-35(33)49)42-38-43-39(46-21-7-3-8-22-46)45-40(44-38)47-23-9-4-10-24-47/h2,5-6,11-20,25-26,49-50H,3-4,7-10,21-24,27H2,1H3,(H,41,51)(H,42,43,44,45). The maximum Gasteiger partial charge on any atom is 0.264 e. The average Bonchev–Trinajstić information content (AvgIpc) is 3.18. The molecule has 13 nitrogen and oxygen atoms in total. The zero-order valence-corrected chi connectivity index (χ0v) is 31.0. The Morgan fingerprint density at radius 3 is 1.91 bits per heavy atom. The van der Waals surface area contributed by atoms with Crippen LogP contribution in [-0.4, -0.2) is 65.7 Å². The SMILES string of the molecule is Cc1ccc(S(=O)(=O)N(Cc2ccccc2)c2ccc(NC(=O)c3ccc(Nc4nc(N5CCCCC5)nc(N5CCCCC5)n4)cc3O)cc2O)cc1. The lowest BCUT2D eigenvalue weighted by molar-refractivity contribution is 0.102. The van der Waals surface area contributed by atoms with E-state index < -0.39 is 15.9 Å². The van der Waals surface area contributed by atoms with Gasteiger partial charge in [0, 0.05) is 49.7 Å². The van der Waals surface area contributed by atoms with Crippen molar-refractivity contribution in [1.82, 2.24) is 15.0 Å². The van der Waals surface area contributed by atoms with Crippen molar-refractivity contribution in [3.8, 4) is 11.5 Å². The molecule has 0 bridgehead atoms. The summed E-state index contributed by atoms with van der Waals surface area (Å²) in [6.45, 7) is 5.36. The van der Waals surface area contributed by atoms with E-state index in [2.05, 4.69) is 20.4 Å². The minimum absolute atomic E-state index is 0.00423. The molecule has 54 heavy (non-hydrogen) atoms. The number of anilines is 6. The van der Waals surface area contributed by atoms with Gasteiger partial charge in [-0.1, -0.05) is 48.0 Å². The molecular formula is C40H44N8O5S. The van der Waals surface area contributed by atoms with Crippen molar-refractivity contribution in [2.45, 2.75) is 56.9 Å². The number of amides is 1. The van der Waals surface area contributed by atoms with Gasteiger partial charge in [-0.05, 0) is 87.4 Å². The van der Waals surface area contributed by atoms with E-state index in [0.29, 0.717) is 23.5 Å². The van der Waals surface area contributed by atoms with E-state index in [9.17, 15) is 23.4 Å². The van der Waals surface area contributed by atoms with Gasteiger partial charge in [-0.15, -0.1) is 0 Å². The third-order valence-corrected chi connectivity index (χ3v) is 11.4. The number of aromatic hydroxyl groups is 2. The number of piperidine rings is 2. The van der Waals surface area contributed by atoms with Crippen molar-refractivity contribution >= 4 is 50.8 Å². The highest BCUT2D eigenvalue weighted by Crippen LogP contribution is 2.36. The first-order valence-corrected chi connectivity index (χ1v) is 19.7. The molecule has 0 atom stereocenters. The minimum atomic E-state index is -4.09. The number of nitrogens with zero attached hydrogens (tertiary/aromatic N) is 6. The number of phenolic OH excluding ortho intramolecular Hbond substituents is 2. The minimum Gasteiger partial charge on any atom is -0.507 e. The maximum absolute atomic E-state index is 13.9. The van der Waals surface area contributed by atoms with Gasteiger partial charge in [0.25, 0.3) is 15.9 Å². The molecule has 7 rings (SSSR count). The van der Waals surface area contributed by atoms with E-state index in [-0.39, 0.29) is 39.9 Å². The molecule has 1 amide bonds. The monoisotopic (exact) mass is 748 g/mol. The third-order valence-electron chi connectivity index (χ3n) is 9.67. The van der Waals surface area contributed by atoms with Gasteiger partial charge >= 0.3 is 0 Å². The lowest BCUT2D eigenvalue weighted by Gasteiger charge is -2.30. The first-order valence-electron chi connectivity index (χ1n) is 18.3. The normalized spacial score (nSPS) is 14.8. The second-order valence-electron chi connectivity index (χ2n) is 13.7. The lowest BCUT2D eigenvalue weighted by atomic mass is 10.1. The number of sulfonamides is 1. The van der Waals surface area contributed by atoms with Crippen LogP contribution in [0.3, 0.4) is 0 Å². The van der Waals surface area contributed by atoms with E-state index in [4.69, 9.17) is 15.0 Å². The Hall–Kier alpha value is -5.89. The molecule has 0 aliphatic carbocycles. The van der Waals surface area contributed by atoms with E-state index in [1.807, 2.05) is 25.1 Å². The van der Waals surface area contributed by atoms with Gasteiger partial charge in [0.2, 0.25) is 17.8 Å². The number of phenols is 2. The number of carbonyl (C=O) groups is 1. The van der Waals surface area contributed by atoms with Crippen LogP contribution in [0.25, 0.3) is 0 Å². The summed E-state index contributed by atoms with van der Waals surface area (Å²) in [5.41, 5.74) is 2.36. The number of aryl methyl sites for hydroxylation is 1. The fourth-order valence-corrected chi connectivity index (χ4v) is 8.17. The molecule has 280 valence electrons. The average molecular weight is 749 g/mol. The van der Waals surface area contributed by atoms with Crippen LogP contribution in [-0.2, 0) is 16.6 Å². The summed E-state index contributed by atoms with van der Waals surface area (Å²) >= 11 is 0. The quantitative estimate of drug-likeness (QED) is 0.110. The summed E-state index contributed by atoms with van der Waals surface area (Å²) in [7, 11) is -4.09. The highest BCUT2D eigenvalue weighted by atomic mass is 32.2. The number of hydrogen-bond acceptors (Lipinski definition) is 11. The largest absolute Gasteiger partial charge is 0.507 e. The van der Waals surface area contributed by atoms with E-state index in [1.54, 1.807) is 30.3 Å². The number of hydrogen-bond donors (Lipinski definition) is 4. The van der Waals surface area contributed by atoms with Crippen molar-refractivity contribution in [2.75, 3.05) is 50.9 Å². The topological polar surface area (TPSA) is 164 Å². The number of carbonyl (C=O) groups excluding carboxylic acids is 1. The second-order valence-corrected chi connectivity index (χ2v) is 15.5. The van der Waals surface area contributed by atoms with Crippen LogP contribution in [0.15, 0.2) is 95.9 Å². The third kappa shape index (κ3) is 8.33. The van der Waals surface area contributed by atoms with Gasteiger partial charge in [-0.3, -0.25) is 9.10 Å². The Bertz CT molecular complexity index is 2170. The summed E-state index contributed by atoms with van der Waals surface area (Å²) in [5.74, 6) is 0.339. The Labute approximate surface area is 315 Å². The van der Waals surface area contributed by atoms with Crippen LogP contribution in [0.5, 0.6) is 11.5 Å². The molecule has 0 saturated carbocycles. The molecule has 2 saturated heterocycles. The number of nitrogens with one attached hydrogen (secondary N) is 2. The molecule has 2 fully saturated rings. The van der Waals surface area contributed by atoms with Crippen molar-refractivity contribution < 1.29 is 23.4 Å². The first-order chi connectivity index (χ1) is 26.1. The molecule has 5 aromatic rings. The molecule has 0 unspecified atom stereocenters. The highest BCUT2D eigenvalue weighted by Gasteiger charge is 2.28. The van der Waals surface area contributed by atoms with Crippen molar-refractivity contribution in [3.63, 3.8) is 0 Å². The first kappa shape index (κ1) is 36.5. The summed E-state index contributed by atoms with van der Waals surface area (Å²) < 4.78 is 28.9. The Kier molecular flexibility index (Phi) is 10.8. The van der Waals surface area contributed by atoms with Gasteiger partial charge < -0.3 is 30.6 Å². The number of rotatable bonds is 11. The summed E-state index contributed by atoms with van der Waals surface area (Å²) in [4.78, 5) is 32.1. The van der Waals surface area contributed by atoms with Gasteiger partial charge in [0.1, 0.15) is 11.5 Å². The molecule has 4 aromatic carbocycles. The van der Waals surface area contributed by atoms with Crippen molar-refractivity contribution in [2.24, 2.45) is 0 Å². The van der Waals surface area contributed by atoms with Crippen LogP contribution in [0.1, 0.15) is 60.0 Å². The van der Waals surface area contributed by atoms with E-state index >= 15 is 0 Å². The molecule has 0 spiro atoms. The second kappa shape index (κ2) is 16.0. The van der Waals surface area contributed by atoms with Gasteiger partial charge in [0.05, 0.1) is 22.7 Å². The molecule has 2 aliphatic heterocycles. The zero-order chi connectivity index (χ0) is 37.7. The summed E-state index contributed by atoms with van der Waals surface area (Å²) in [6.07, 6.45) is 6.69. The van der Waals surface area contributed by atoms with Crippen LogP contribution in [0.4, 0.5) is 34.9 Å². The zero-order valence-electron chi connectivity index (χ0n) is 30.1. The smallest absolute Gasteiger partial charge is 0.264 e. The molecule has 14 heteroatoms. The summed E-state index contributed by atoms with van der Waals surface area (Å²) in [5, 5.41) is 28.0. The van der Waals surface area contributed by atoms with Crippen LogP contribution in [0.2, 0.25) is 0 Å². The Morgan fingerprint density at radius 1 is 0.722 bits per heavy atom. The predicted octanol–water partition coefficient (Wildman–Crippen LogP) is 6.96. The Morgan fingerprint density at radius 2 is 1.31 bits per heavy atom. The van der Waals surface area contributed by atoms with Gasteiger partial charge in [-0.2, -0.15) is 15.0 Å². The molecule has 4 N–H and O–H groups in total.